The van der Waals surface area contributed by atoms with Crippen LogP contribution in [0.1, 0.15) is 57.0 Å². The van der Waals surface area contributed by atoms with Gasteiger partial charge in [-0.3, -0.25) is 14.2 Å². The first-order valence-corrected chi connectivity index (χ1v) is 14.3. The van der Waals surface area contributed by atoms with E-state index in [1.165, 1.54) is 10.9 Å². The van der Waals surface area contributed by atoms with Crippen LogP contribution >= 0.6 is 0 Å². The van der Waals surface area contributed by atoms with Crippen LogP contribution in [-0.4, -0.2) is 103 Å². The van der Waals surface area contributed by atoms with Crippen molar-refractivity contribution in [3.63, 3.8) is 0 Å². The SMILES string of the molecule is Nc1nc(C#CCC2CCN(C(=O)OCC3CCC(=O)N3)CC2)nc2c1ncn2C1OC(C(=O)NC2CC2)C(O)C1O. The summed E-state index contributed by atoms with van der Waals surface area (Å²) in [6.07, 6.45) is 0.866. The summed E-state index contributed by atoms with van der Waals surface area (Å²) in [4.78, 5) is 50.8. The predicted molar refractivity (Wildman–Crippen MR) is 145 cm³/mol. The van der Waals surface area contributed by atoms with Crippen molar-refractivity contribution in [2.24, 2.45) is 5.92 Å². The fourth-order valence-corrected chi connectivity index (χ4v) is 5.46. The molecule has 0 aromatic carbocycles. The number of carbonyl (C=O) groups is 3. The minimum Gasteiger partial charge on any atom is -0.447 e. The number of fused-ring (bicyclic) bond motifs is 1. The molecular weight excluding hydrogens is 548 g/mol. The molecule has 3 saturated heterocycles. The number of likely N-dealkylation sites (tertiary alicyclic amines) is 1. The fourth-order valence-electron chi connectivity index (χ4n) is 5.46. The second-order valence-electron chi connectivity index (χ2n) is 11.3. The number of rotatable bonds is 6. The number of nitrogen functional groups attached to an aromatic ring is 1. The number of piperidine rings is 1. The highest BCUT2D eigenvalue weighted by molar-refractivity contribution is 5.83. The molecule has 15 nitrogen and oxygen atoms in total. The van der Waals surface area contributed by atoms with Crippen molar-refractivity contribution in [2.45, 2.75) is 81.6 Å². The van der Waals surface area contributed by atoms with Crippen LogP contribution in [0, 0.1) is 17.8 Å². The molecule has 4 fully saturated rings. The maximum atomic E-state index is 12.5. The Morgan fingerprint density at radius 2 is 1.95 bits per heavy atom. The van der Waals surface area contributed by atoms with Gasteiger partial charge >= 0.3 is 6.09 Å². The molecule has 4 aliphatic rings. The molecule has 0 spiro atoms. The van der Waals surface area contributed by atoms with E-state index in [1.807, 2.05) is 0 Å². The van der Waals surface area contributed by atoms with Crippen molar-refractivity contribution < 1.29 is 34.1 Å². The van der Waals surface area contributed by atoms with E-state index in [9.17, 15) is 24.6 Å². The molecule has 5 unspecified atom stereocenters. The number of imidazole rings is 1. The third kappa shape index (κ3) is 5.96. The molecule has 5 heterocycles. The van der Waals surface area contributed by atoms with E-state index in [-0.39, 0.29) is 59.4 Å². The van der Waals surface area contributed by atoms with Gasteiger partial charge in [0, 0.05) is 32.0 Å². The molecule has 0 bridgehead atoms. The number of hydrogen-bond donors (Lipinski definition) is 5. The van der Waals surface area contributed by atoms with Crippen molar-refractivity contribution in [3.8, 4) is 11.8 Å². The van der Waals surface area contributed by atoms with Gasteiger partial charge in [-0.2, -0.15) is 0 Å². The molecule has 15 heteroatoms. The van der Waals surface area contributed by atoms with Gasteiger partial charge in [0.1, 0.15) is 24.3 Å². The van der Waals surface area contributed by atoms with E-state index in [4.69, 9.17) is 15.2 Å². The summed E-state index contributed by atoms with van der Waals surface area (Å²) in [7, 11) is 0. The van der Waals surface area contributed by atoms with Gasteiger partial charge in [0.2, 0.25) is 11.7 Å². The lowest BCUT2D eigenvalue weighted by molar-refractivity contribution is -0.137. The van der Waals surface area contributed by atoms with E-state index in [0.717, 1.165) is 25.7 Å². The monoisotopic (exact) mass is 582 g/mol. The van der Waals surface area contributed by atoms with Crippen LogP contribution in [0.3, 0.4) is 0 Å². The zero-order valence-electron chi connectivity index (χ0n) is 22.9. The maximum absolute atomic E-state index is 12.5. The number of nitrogens with zero attached hydrogens (tertiary/aromatic N) is 5. The van der Waals surface area contributed by atoms with Gasteiger partial charge in [-0.15, -0.1) is 0 Å². The zero-order chi connectivity index (χ0) is 29.4. The van der Waals surface area contributed by atoms with Gasteiger partial charge in [-0.05, 0) is 43.9 Å². The smallest absolute Gasteiger partial charge is 0.409 e. The van der Waals surface area contributed by atoms with Crippen LogP contribution in [-0.2, 0) is 19.1 Å². The van der Waals surface area contributed by atoms with Crippen LogP contribution in [0.4, 0.5) is 10.6 Å². The Hall–Kier alpha value is -4.00. The highest BCUT2D eigenvalue weighted by atomic mass is 16.6. The van der Waals surface area contributed by atoms with Crippen LogP contribution < -0.4 is 16.4 Å². The Bertz CT molecular complexity index is 1420. The molecule has 2 aromatic rings. The second-order valence-corrected chi connectivity index (χ2v) is 11.3. The number of nitrogens with two attached hydrogens (primary N) is 1. The number of carbonyl (C=O) groups excluding carboxylic acids is 3. The molecule has 1 saturated carbocycles. The lowest BCUT2D eigenvalue weighted by Crippen LogP contribution is -2.43. The number of hydrogen-bond acceptors (Lipinski definition) is 11. The summed E-state index contributed by atoms with van der Waals surface area (Å²) in [6.45, 7) is 1.31. The first-order chi connectivity index (χ1) is 20.3. The number of aromatic nitrogens is 4. The lowest BCUT2D eigenvalue weighted by Gasteiger charge is -2.30. The molecule has 3 aliphatic heterocycles. The lowest BCUT2D eigenvalue weighted by atomic mass is 9.94. The molecule has 0 radical (unpaired) electrons. The van der Waals surface area contributed by atoms with Gasteiger partial charge in [0.25, 0.3) is 5.91 Å². The highest BCUT2D eigenvalue weighted by Crippen LogP contribution is 2.33. The molecule has 6 rings (SSSR count). The average Bonchev–Trinajstić information content (AvgIpc) is 3.39. The van der Waals surface area contributed by atoms with Crippen LogP contribution in [0.2, 0.25) is 0 Å². The first-order valence-electron chi connectivity index (χ1n) is 14.3. The summed E-state index contributed by atoms with van der Waals surface area (Å²) in [5.74, 6) is 6.12. The summed E-state index contributed by atoms with van der Waals surface area (Å²) >= 11 is 0. The number of anilines is 1. The number of aliphatic hydroxyl groups is 2. The predicted octanol–water partition coefficient (Wildman–Crippen LogP) is -0.825. The topological polar surface area (TPSA) is 207 Å². The van der Waals surface area contributed by atoms with Gasteiger partial charge in [0.05, 0.1) is 12.4 Å². The van der Waals surface area contributed by atoms with E-state index < -0.39 is 30.4 Å². The molecule has 6 N–H and O–H groups in total. The van der Waals surface area contributed by atoms with Crippen molar-refractivity contribution in [1.29, 1.82) is 0 Å². The molecule has 2 aromatic heterocycles. The molecule has 224 valence electrons. The molecule has 5 atom stereocenters. The normalized spacial score (nSPS) is 27.9. The fraction of sp³-hybridized carbons (Fsp3) is 0.630. The Kier molecular flexibility index (Phi) is 7.84. The number of ether oxygens (including phenoxy) is 2. The standard InChI is InChI=1S/C27H34N8O7/c28-23-19-24(35(13-29-19)26-21(38)20(37)22(42-26)25(39)31-15-4-5-15)33-17(32-23)3-1-2-14-8-10-34(11-9-14)27(40)41-12-16-6-7-18(36)30-16/h13-16,20-22,26,37-38H,2,4-12H2,(H,30,36)(H,31,39)(H2,28,32,33). The van der Waals surface area contributed by atoms with Gasteiger partial charge in [0.15, 0.2) is 23.8 Å². The maximum Gasteiger partial charge on any atom is 0.409 e. The summed E-state index contributed by atoms with van der Waals surface area (Å²) < 4.78 is 12.6. The number of nitrogens with one attached hydrogen (secondary N) is 2. The largest absolute Gasteiger partial charge is 0.447 e. The van der Waals surface area contributed by atoms with Crippen LogP contribution in [0.25, 0.3) is 11.2 Å². The average molecular weight is 583 g/mol. The Labute approximate surface area is 241 Å². The molecule has 3 amide bonds. The molecule has 42 heavy (non-hydrogen) atoms. The molecular formula is C27H34N8O7. The third-order valence-corrected chi connectivity index (χ3v) is 8.10. The van der Waals surface area contributed by atoms with Crippen molar-refractivity contribution >= 4 is 34.9 Å². The van der Waals surface area contributed by atoms with Gasteiger partial charge < -0.3 is 41.0 Å². The van der Waals surface area contributed by atoms with Gasteiger partial charge in [-0.25, -0.2) is 19.7 Å². The highest BCUT2D eigenvalue weighted by Gasteiger charge is 2.48. The van der Waals surface area contributed by atoms with Crippen molar-refractivity contribution in [3.05, 3.63) is 12.2 Å². The number of amides is 3. The Morgan fingerprint density at radius 3 is 2.67 bits per heavy atom. The first kappa shape index (κ1) is 28.1. The third-order valence-electron chi connectivity index (χ3n) is 8.10. The van der Waals surface area contributed by atoms with Crippen LogP contribution in [0.15, 0.2) is 6.33 Å². The summed E-state index contributed by atoms with van der Waals surface area (Å²) in [5, 5.41) is 26.7. The van der Waals surface area contributed by atoms with Gasteiger partial charge in [-0.1, -0.05) is 5.92 Å². The quantitative estimate of drug-likeness (QED) is 0.266. The van der Waals surface area contributed by atoms with Crippen molar-refractivity contribution in [1.82, 2.24) is 35.1 Å². The van der Waals surface area contributed by atoms with E-state index >= 15 is 0 Å². The van der Waals surface area contributed by atoms with E-state index in [1.54, 1.807) is 4.90 Å². The summed E-state index contributed by atoms with van der Waals surface area (Å²) in [5.41, 5.74) is 6.66. The second kappa shape index (κ2) is 11.7. The van der Waals surface area contributed by atoms with E-state index in [2.05, 4.69) is 37.4 Å². The zero-order valence-corrected chi connectivity index (χ0v) is 22.9. The Balaban J connectivity index is 1.05. The minimum atomic E-state index is -1.42. The Morgan fingerprint density at radius 1 is 1.17 bits per heavy atom. The molecule has 1 aliphatic carbocycles. The van der Waals surface area contributed by atoms with Crippen LogP contribution in [0.5, 0.6) is 0 Å². The van der Waals surface area contributed by atoms with E-state index in [0.29, 0.717) is 32.4 Å². The van der Waals surface area contributed by atoms with Crippen molar-refractivity contribution in [2.75, 3.05) is 25.4 Å². The number of aliphatic hydroxyl groups excluding tert-OH is 2. The summed E-state index contributed by atoms with van der Waals surface area (Å²) in [6, 6.07) is -0.0320. The minimum absolute atomic E-state index is 0.0129.